The van der Waals surface area contributed by atoms with Crippen molar-refractivity contribution >= 4 is 23.5 Å². The SMILES string of the molecule is CC/C=N\N=C1/c2ccccc2C(=O)[C@H]1C(=O)C(c1ccccc1)c1ccccc1. The summed E-state index contributed by atoms with van der Waals surface area (Å²) in [6.45, 7) is 1.96. The van der Waals surface area contributed by atoms with Gasteiger partial charge in [-0.05, 0) is 17.5 Å². The molecule has 0 bridgehead atoms. The molecule has 1 atom stereocenters. The molecule has 0 aromatic heterocycles. The van der Waals surface area contributed by atoms with Crippen LogP contribution in [-0.2, 0) is 4.79 Å². The lowest BCUT2D eigenvalue weighted by Gasteiger charge is -2.20. The number of benzene rings is 3. The standard InChI is InChI=1S/C26H22N2O2/c1-2-17-27-28-24-20-15-9-10-16-21(20)25(29)23(24)26(30)22(18-11-5-3-6-12-18)19-13-7-4-8-14-19/h3-17,22-23H,2H2,1H3/b27-17-,28-24+/t23-/m0/s1. The Labute approximate surface area is 176 Å². The largest absolute Gasteiger partial charge is 0.297 e. The van der Waals surface area contributed by atoms with E-state index in [1.165, 1.54) is 0 Å². The van der Waals surface area contributed by atoms with Gasteiger partial charge in [-0.3, -0.25) is 9.59 Å². The predicted octanol–water partition coefficient (Wildman–Crippen LogP) is 5.09. The Morgan fingerprint density at radius 3 is 1.97 bits per heavy atom. The third-order valence-corrected chi connectivity index (χ3v) is 5.27. The van der Waals surface area contributed by atoms with Crippen LogP contribution in [0.25, 0.3) is 0 Å². The number of rotatable bonds is 6. The zero-order valence-corrected chi connectivity index (χ0v) is 16.7. The molecule has 0 saturated carbocycles. The number of fused-ring (bicyclic) bond motifs is 1. The summed E-state index contributed by atoms with van der Waals surface area (Å²) < 4.78 is 0. The number of Topliss-reactive ketones (excluding diaryl/α,β-unsaturated/α-hetero) is 2. The average molecular weight is 394 g/mol. The summed E-state index contributed by atoms with van der Waals surface area (Å²) in [6.07, 6.45) is 2.40. The van der Waals surface area contributed by atoms with Gasteiger partial charge in [0.05, 0.1) is 11.6 Å². The minimum Gasteiger partial charge on any atom is -0.297 e. The zero-order chi connectivity index (χ0) is 20.9. The Bertz CT molecular complexity index is 1080. The fraction of sp³-hybridized carbons (Fsp3) is 0.154. The van der Waals surface area contributed by atoms with Crippen molar-refractivity contribution in [1.82, 2.24) is 0 Å². The molecule has 0 aliphatic heterocycles. The molecule has 4 heteroatoms. The van der Waals surface area contributed by atoms with Crippen molar-refractivity contribution in [2.24, 2.45) is 16.1 Å². The molecule has 0 heterocycles. The first-order valence-corrected chi connectivity index (χ1v) is 10.1. The molecule has 0 radical (unpaired) electrons. The lowest BCUT2D eigenvalue weighted by Crippen LogP contribution is -2.31. The summed E-state index contributed by atoms with van der Waals surface area (Å²) in [7, 11) is 0. The van der Waals surface area contributed by atoms with Crippen molar-refractivity contribution in [3.05, 3.63) is 107 Å². The van der Waals surface area contributed by atoms with Crippen molar-refractivity contribution in [2.45, 2.75) is 19.3 Å². The van der Waals surface area contributed by atoms with Crippen LogP contribution in [0, 0.1) is 5.92 Å². The van der Waals surface area contributed by atoms with Gasteiger partial charge in [0.25, 0.3) is 0 Å². The van der Waals surface area contributed by atoms with Crippen LogP contribution in [0.2, 0.25) is 0 Å². The van der Waals surface area contributed by atoms with E-state index < -0.39 is 11.8 Å². The molecule has 3 aromatic rings. The van der Waals surface area contributed by atoms with E-state index in [2.05, 4.69) is 10.2 Å². The number of hydrogen-bond donors (Lipinski definition) is 0. The second-order valence-corrected chi connectivity index (χ2v) is 7.19. The Morgan fingerprint density at radius 1 is 0.867 bits per heavy atom. The monoisotopic (exact) mass is 394 g/mol. The summed E-state index contributed by atoms with van der Waals surface area (Å²) >= 11 is 0. The highest BCUT2D eigenvalue weighted by Gasteiger charge is 2.44. The molecule has 4 nitrogen and oxygen atoms in total. The lowest BCUT2D eigenvalue weighted by atomic mass is 9.80. The summed E-state index contributed by atoms with van der Waals surface area (Å²) in [6, 6.07) is 26.4. The van der Waals surface area contributed by atoms with Gasteiger partial charge in [-0.25, -0.2) is 0 Å². The highest BCUT2D eigenvalue weighted by Crippen LogP contribution is 2.35. The lowest BCUT2D eigenvalue weighted by molar-refractivity contribution is -0.120. The molecule has 148 valence electrons. The minimum absolute atomic E-state index is 0.181. The molecule has 0 N–H and O–H groups in total. The predicted molar refractivity (Wildman–Crippen MR) is 119 cm³/mol. The van der Waals surface area contributed by atoms with Gasteiger partial charge < -0.3 is 0 Å². The zero-order valence-electron chi connectivity index (χ0n) is 16.7. The van der Waals surface area contributed by atoms with E-state index >= 15 is 0 Å². The molecule has 1 aliphatic rings. The molecule has 0 amide bonds. The van der Waals surface area contributed by atoms with Crippen molar-refractivity contribution < 1.29 is 9.59 Å². The summed E-state index contributed by atoms with van der Waals surface area (Å²) in [5, 5.41) is 8.42. The van der Waals surface area contributed by atoms with E-state index in [1.807, 2.05) is 85.8 Å². The van der Waals surface area contributed by atoms with Crippen LogP contribution in [0.4, 0.5) is 0 Å². The molecule has 1 aliphatic carbocycles. The first-order chi connectivity index (χ1) is 14.7. The number of carbonyl (C=O) groups is 2. The average Bonchev–Trinajstić information content (AvgIpc) is 3.07. The fourth-order valence-corrected chi connectivity index (χ4v) is 3.90. The van der Waals surface area contributed by atoms with Crippen LogP contribution in [0.15, 0.2) is 95.1 Å². The van der Waals surface area contributed by atoms with Gasteiger partial charge in [-0.1, -0.05) is 91.9 Å². The van der Waals surface area contributed by atoms with Crippen molar-refractivity contribution in [3.8, 4) is 0 Å². The van der Waals surface area contributed by atoms with Crippen LogP contribution in [0.1, 0.15) is 46.3 Å². The van der Waals surface area contributed by atoms with E-state index in [9.17, 15) is 9.59 Å². The first kappa shape index (κ1) is 19.6. The van der Waals surface area contributed by atoms with Gasteiger partial charge in [-0.2, -0.15) is 10.2 Å². The topological polar surface area (TPSA) is 58.9 Å². The Balaban J connectivity index is 1.83. The van der Waals surface area contributed by atoms with Gasteiger partial charge in [-0.15, -0.1) is 0 Å². The summed E-state index contributed by atoms with van der Waals surface area (Å²) in [4.78, 5) is 27.2. The van der Waals surface area contributed by atoms with E-state index in [-0.39, 0.29) is 11.6 Å². The molecule has 3 aromatic carbocycles. The number of ketones is 2. The first-order valence-electron chi connectivity index (χ1n) is 10.1. The van der Waals surface area contributed by atoms with E-state index in [1.54, 1.807) is 12.3 Å². The Kier molecular flexibility index (Phi) is 5.75. The van der Waals surface area contributed by atoms with Crippen LogP contribution < -0.4 is 0 Å². The van der Waals surface area contributed by atoms with Gasteiger partial charge in [0, 0.05) is 17.3 Å². The smallest absolute Gasteiger partial charge is 0.180 e. The molecular weight excluding hydrogens is 372 g/mol. The van der Waals surface area contributed by atoms with Gasteiger partial charge in [0.2, 0.25) is 0 Å². The molecule has 0 unspecified atom stereocenters. The van der Waals surface area contributed by atoms with Crippen LogP contribution >= 0.6 is 0 Å². The highest BCUT2D eigenvalue weighted by atomic mass is 16.2. The maximum Gasteiger partial charge on any atom is 0.180 e. The number of carbonyl (C=O) groups excluding carboxylic acids is 2. The van der Waals surface area contributed by atoms with E-state index in [4.69, 9.17) is 0 Å². The van der Waals surface area contributed by atoms with Gasteiger partial charge >= 0.3 is 0 Å². The molecular formula is C26H22N2O2. The maximum atomic E-state index is 13.9. The van der Waals surface area contributed by atoms with Crippen molar-refractivity contribution in [2.75, 3.05) is 0 Å². The number of nitrogens with zero attached hydrogens (tertiary/aromatic N) is 2. The second-order valence-electron chi connectivity index (χ2n) is 7.19. The van der Waals surface area contributed by atoms with Crippen LogP contribution in [0.5, 0.6) is 0 Å². The molecule has 0 spiro atoms. The Hall–Kier alpha value is -3.66. The highest BCUT2D eigenvalue weighted by molar-refractivity contribution is 6.38. The quantitative estimate of drug-likeness (QED) is 0.332. The fourth-order valence-electron chi connectivity index (χ4n) is 3.90. The van der Waals surface area contributed by atoms with Gasteiger partial charge in [0.15, 0.2) is 11.6 Å². The molecule has 4 rings (SSSR count). The molecule has 30 heavy (non-hydrogen) atoms. The summed E-state index contributed by atoms with van der Waals surface area (Å²) in [5.41, 5.74) is 3.36. The molecule has 0 saturated heterocycles. The number of hydrogen-bond acceptors (Lipinski definition) is 4. The van der Waals surface area contributed by atoms with Crippen LogP contribution in [0.3, 0.4) is 0 Å². The van der Waals surface area contributed by atoms with Crippen LogP contribution in [-0.4, -0.2) is 23.5 Å². The van der Waals surface area contributed by atoms with Gasteiger partial charge in [0.1, 0.15) is 5.92 Å². The third kappa shape index (κ3) is 3.64. The van der Waals surface area contributed by atoms with Crippen molar-refractivity contribution in [3.63, 3.8) is 0 Å². The Morgan fingerprint density at radius 2 is 1.40 bits per heavy atom. The summed E-state index contributed by atoms with van der Waals surface area (Å²) in [5.74, 6) is -1.92. The minimum atomic E-state index is -0.971. The molecule has 0 fully saturated rings. The maximum absolute atomic E-state index is 13.9. The van der Waals surface area contributed by atoms with E-state index in [0.29, 0.717) is 16.8 Å². The second kappa shape index (κ2) is 8.78. The normalized spacial score (nSPS) is 17.1. The van der Waals surface area contributed by atoms with E-state index in [0.717, 1.165) is 17.5 Å². The van der Waals surface area contributed by atoms with Crippen molar-refractivity contribution in [1.29, 1.82) is 0 Å². The third-order valence-electron chi connectivity index (χ3n) is 5.27.